The number of anilines is 1. The van der Waals surface area contributed by atoms with Crippen LogP contribution < -0.4 is 4.90 Å². The van der Waals surface area contributed by atoms with Gasteiger partial charge < -0.3 is 0 Å². The predicted octanol–water partition coefficient (Wildman–Crippen LogP) is 5.24. The fourth-order valence-electron chi connectivity index (χ4n) is 3.51. The number of nitrogens with zero attached hydrogens (tertiary/aromatic N) is 4. The molecular formula is C23H17FN4OS. The normalized spacial score (nSPS) is 11.3. The number of aryl methyl sites for hydroxylation is 1. The van der Waals surface area contributed by atoms with Gasteiger partial charge in [0.15, 0.2) is 5.13 Å². The molecule has 0 spiro atoms. The first-order valence-corrected chi connectivity index (χ1v) is 10.3. The van der Waals surface area contributed by atoms with E-state index in [0.717, 1.165) is 5.56 Å². The van der Waals surface area contributed by atoms with Crippen molar-refractivity contribution in [3.05, 3.63) is 95.7 Å². The fourth-order valence-corrected chi connectivity index (χ4v) is 4.49. The maximum atomic E-state index is 14.3. The minimum atomic E-state index is -0.395. The van der Waals surface area contributed by atoms with E-state index in [-0.39, 0.29) is 11.4 Å². The number of benzene rings is 2. The van der Waals surface area contributed by atoms with Gasteiger partial charge in [-0.15, -0.1) is 0 Å². The number of fused-ring (bicyclic) bond motifs is 2. The van der Waals surface area contributed by atoms with E-state index in [1.54, 1.807) is 15.4 Å². The average Bonchev–Trinajstić information content (AvgIpc) is 3.33. The fraction of sp³-hybridized carbons (Fsp3) is 0.0870. The Kier molecular flexibility index (Phi) is 4.52. The Morgan fingerprint density at radius 3 is 2.63 bits per heavy atom. The van der Waals surface area contributed by atoms with Crippen LogP contribution in [0.15, 0.2) is 72.9 Å². The number of imidazole rings is 1. The van der Waals surface area contributed by atoms with E-state index < -0.39 is 5.82 Å². The minimum Gasteiger partial charge on any atom is -0.295 e. The zero-order valence-corrected chi connectivity index (χ0v) is 16.9. The van der Waals surface area contributed by atoms with E-state index in [4.69, 9.17) is 0 Å². The summed E-state index contributed by atoms with van der Waals surface area (Å²) in [5.41, 5.74) is 3.04. The van der Waals surface area contributed by atoms with Gasteiger partial charge in [0.25, 0.3) is 5.91 Å². The van der Waals surface area contributed by atoms with Gasteiger partial charge in [-0.25, -0.2) is 14.4 Å². The lowest BCUT2D eigenvalue weighted by atomic mass is 10.2. The predicted molar refractivity (Wildman–Crippen MR) is 116 cm³/mol. The summed E-state index contributed by atoms with van der Waals surface area (Å²) in [6.07, 6.45) is 1.82. The van der Waals surface area contributed by atoms with Crippen molar-refractivity contribution in [1.29, 1.82) is 0 Å². The largest absolute Gasteiger partial charge is 0.295 e. The average molecular weight is 416 g/mol. The summed E-state index contributed by atoms with van der Waals surface area (Å²) in [4.78, 5) is 24.3. The molecule has 3 aromatic heterocycles. The third kappa shape index (κ3) is 3.13. The summed E-state index contributed by atoms with van der Waals surface area (Å²) in [5, 5.41) is 0.453. The monoisotopic (exact) mass is 416 g/mol. The van der Waals surface area contributed by atoms with E-state index in [1.807, 2.05) is 67.7 Å². The molecule has 0 aliphatic rings. The summed E-state index contributed by atoms with van der Waals surface area (Å²) in [6, 6.07) is 20.1. The van der Waals surface area contributed by atoms with Crippen LogP contribution in [-0.2, 0) is 6.54 Å². The summed E-state index contributed by atoms with van der Waals surface area (Å²) in [6.45, 7) is 2.14. The Labute approximate surface area is 176 Å². The molecule has 2 aromatic carbocycles. The van der Waals surface area contributed by atoms with Crippen molar-refractivity contribution in [2.75, 3.05) is 4.90 Å². The molecule has 0 saturated carbocycles. The standard InChI is InChI=1S/C23H17FN4OS/c1-15-21(27-13-6-5-12-19(27)25-15)22(29)28(14-16-8-3-2-4-9-16)23-26-20-17(24)10-7-11-18(20)30-23/h2-13H,14H2,1H3. The molecule has 0 radical (unpaired) electrons. The van der Waals surface area contributed by atoms with E-state index in [0.29, 0.717) is 33.4 Å². The van der Waals surface area contributed by atoms with E-state index in [2.05, 4.69) is 9.97 Å². The first-order chi connectivity index (χ1) is 14.6. The van der Waals surface area contributed by atoms with Crippen LogP contribution in [-0.4, -0.2) is 20.3 Å². The number of hydrogen-bond acceptors (Lipinski definition) is 4. The number of halogens is 1. The van der Waals surface area contributed by atoms with E-state index in [9.17, 15) is 9.18 Å². The molecule has 0 N–H and O–H groups in total. The number of rotatable bonds is 4. The number of thiazole rings is 1. The maximum absolute atomic E-state index is 14.3. The second-order valence-electron chi connectivity index (χ2n) is 6.93. The smallest absolute Gasteiger partial charge is 0.279 e. The van der Waals surface area contributed by atoms with Gasteiger partial charge in [-0.05, 0) is 36.8 Å². The molecule has 0 bridgehead atoms. The van der Waals surface area contributed by atoms with Gasteiger partial charge in [-0.2, -0.15) is 0 Å². The molecule has 5 nitrogen and oxygen atoms in total. The molecule has 3 heterocycles. The molecule has 30 heavy (non-hydrogen) atoms. The van der Waals surface area contributed by atoms with Gasteiger partial charge in [0.1, 0.15) is 22.7 Å². The molecule has 7 heteroatoms. The van der Waals surface area contributed by atoms with Crippen molar-refractivity contribution in [1.82, 2.24) is 14.4 Å². The van der Waals surface area contributed by atoms with Crippen LogP contribution in [0.3, 0.4) is 0 Å². The molecule has 0 aliphatic heterocycles. The highest BCUT2D eigenvalue weighted by Crippen LogP contribution is 2.32. The summed E-state index contributed by atoms with van der Waals surface area (Å²) >= 11 is 1.30. The Hall–Kier alpha value is -3.58. The topological polar surface area (TPSA) is 50.5 Å². The van der Waals surface area contributed by atoms with Gasteiger partial charge in [-0.1, -0.05) is 53.8 Å². The van der Waals surface area contributed by atoms with Gasteiger partial charge in [0, 0.05) is 6.20 Å². The molecule has 1 amide bonds. The molecule has 5 rings (SSSR count). The molecule has 148 valence electrons. The molecule has 5 aromatic rings. The van der Waals surface area contributed by atoms with Crippen molar-refractivity contribution < 1.29 is 9.18 Å². The number of carbonyl (C=O) groups excluding carboxylic acids is 1. The SMILES string of the molecule is Cc1nc2ccccn2c1C(=O)N(Cc1ccccc1)c1nc2c(F)cccc2s1. The van der Waals surface area contributed by atoms with E-state index >= 15 is 0 Å². The first-order valence-electron chi connectivity index (χ1n) is 9.46. The lowest BCUT2D eigenvalue weighted by molar-refractivity contribution is 0.0979. The van der Waals surface area contributed by atoms with Gasteiger partial charge in [0.2, 0.25) is 0 Å². The first kappa shape index (κ1) is 18.4. The van der Waals surface area contributed by atoms with Crippen LogP contribution >= 0.6 is 11.3 Å². The molecule has 0 fully saturated rings. The van der Waals surface area contributed by atoms with Crippen molar-refractivity contribution >= 4 is 38.2 Å². The van der Waals surface area contributed by atoms with Crippen LogP contribution in [0.1, 0.15) is 21.7 Å². The van der Waals surface area contributed by atoms with Crippen molar-refractivity contribution in [2.24, 2.45) is 0 Å². The van der Waals surface area contributed by atoms with Gasteiger partial charge in [0.05, 0.1) is 16.9 Å². The summed E-state index contributed by atoms with van der Waals surface area (Å²) in [7, 11) is 0. The van der Waals surface area contributed by atoms with Crippen LogP contribution in [0, 0.1) is 12.7 Å². The Balaban J connectivity index is 1.66. The lowest BCUT2D eigenvalue weighted by Gasteiger charge is -2.20. The van der Waals surface area contributed by atoms with Crippen LogP contribution in [0.25, 0.3) is 15.9 Å². The molecule has 0 saturated heterocycles. The van der Waals surface area contributed by atoms with E-state index in [1.165, 1.54) is 17.4 Å². The third-order valence-corrected chi connectivity index (χ3v) is 5.97. The minimum absolute atomic E-state index is 0.227. The summed E-state index contributed by atoms with van der Waals surface area (Å²) < 4.78 is 16.7. The van der Waals surface area contributed by atoms with Crippen LogP contribution in [0.2, 0.25) is 0 Å². The Morgan fingerprint density at radius 1 is 1.03 bits per heavy atom. The van der Waals surface area contributed by atoms with Gasteiger partial charge >= 0.3 is 0 Å². The molecule has 0 aliphatic carbocycles. The number of carbonyl (C=O) groups is 1. The van der Waals surface area contributed by atoms with Crippen molar-refractivity contribution in [3.63, 3.8) is 0 Å². The summed E-state index contributed by atoms with van der Waals surface area (Å²) in [5.74, 6) is -0.623. The highest BCUT2D eigenvalue weighted by atomic mass is 32.1. The number of amides is 1. The Morgan fingerprint density at radius 2 is 1.83 bits per heavy atom. The number of aromatic nitrogens is 3. The van der Waals surface area contributed by atoms with Crippen molar-refractivity contribution in [2.45, 2.75) is 13.5 Å². The van der Waals surface area contributed by atoms with Crippen molar-refractivity contribution in [3.8, 4) is 0 Å². The maximum Gasteiger partial charge on any atom is 0.279 e. The second kappa shape index (κ2) is 7.35. The van der Waals surface area contributed by atoms with Crippen LogP contribution in [0.5, 0.6) is 0 Å². The van der Waals surface area contributed by atoms with Crippen LogP contribution in [0.4, 0.5) is 9.52 Å². The third-order valence-electron chi connectivity index (χ3n) is 4.92. The highest BCUT2D eigenvalue weighted by Gasteiger charge is 2.26. The number of pyridine rings is 1. The number of para-hydroxylation sites is 1. The molecule has 0 atom stereocenters. The zero-order valence-electron chi connectivity index (χ0n) is 16.1. The highest BCUT2D eigenvalue weighted by molar-refractivity contribution is 7.22. The second-order valence-corrected chi connectivity index (χ2v) is 7.94. The molecule has 0 unspecified atom stereocenters. The number of hydrogen-bond donors (Lipinski definition) is 0. The quantitative estimate of drug-likeness (QED) is 0.403. The zero-order chi connectivity index (χ0) is 20.7. The Bertz CT molecular complexity index is 1380. The lowest BCUT2D eigenvalue weighted by Crippen LogP contribution is -2.31. The van der Waals surface area contributed by atoms with Gasteiger partial charge in [-0.3, -0.25) is 14.1 Å². The molecular weight excluding hydrogens is 399 g/mol.